The first-order valence-corrected chi connectivity index (χ1v) is 7.28. The molecule has 0 amide bonds. The maximum absolute atomic E-state index is 5.87. The molecule has 5 nitrogen and oxygen atoms in total. The number of furan rings is 1. The summed E-state index contributed by atoms with van der Waals surface area (Å²) in [5, 5.41) is 0.945. The van der Waals surface area contributed by atoms with Crippen molar-refractivity contribution >= 4 is 16.7 Å². The summed E-state index contributed by atoms with van der Waals surface area (Å²) in [6, 6.07) is 4.17. The summed E-state index contributed by atoms with van der Waals surface area (Å²) in [5.41, 5.74) is 0. The van der Waals surface area contributed by atoms with Gasteiger partial charge in [0.15, 0.2) is 0 Å². The second-order valence-electron chi connectivity index (χ2n) is 4.57. The first-order valence-electron chi connectivity index (χ1n) is 6.51. The van der Waals surface area contributed by atoms with Crippen molar-refractivity contribution in [3.05, 3.63) is 29.5 Å². The predicted octanol–water partition coefficient (Wildman–Crippen LogP) is 2.58. The lowest BCUT2D eigenvalue weighted by Gasteiger charge is -2.33. The highest BCUT2D eigenvalue weighted by Gasteiger charge is 2.29. The van der Waals surface area contributed by atoms with Crippen molar-refractivity contribution in [3.8, 4) is 0 Å². The van der Waals surface area contributed by atoms with Gasteiger partial charge in [-0.05, 0) is 19.1 Å². The van der Waals surface area contributed by atoms with Crippen LogP contribution in [0, 0.1) is 6.92 Å². The normalized spacial score (nSPS) is 19.9. The standard InChI is InChI=1S/C13H17N3O2S/c1-3-10-4-5-12(18-10)11-8-17-7-6-16(11)13-14-9(2)15-19-13/h4-5,11H,3,6-8H2,1-2H3. The smallest absolute Gasteiger partial charge is 0.205 e. The number of aromatic nitrogens is 2. The van der Waals surface area contributed by atoms with Crippen molar-refractivity contribution in [2.45, 2.75) is 26.3 Å². The zero-order valence-electron chi connectivity index (χ0n) is 11.1. The molecule has 0 aliphatic carbocycles. The molecular formula is C13H17N3O2S. The van der Waals surface area contributed by atoms with E-state index < -0.39 is 0 Å². The topological polar surface area (TPSA) is 51.4 Å². The highest BCUT2D eigenvalue weighted by atomic mass is 32.1. The molecular weight excluding hydrogens is 262 g/mol. The van der Waals surface area contributed by atoms with Gasteiger partial charge in [0, 0.05) is 24.5 Å². The van der Waals surface area contributed by atoms with Gasteiger partial charge in [0.05, 0.1) is 13.2 Å². The van der Waals surface area contributed by atoms with Crippen LogP contribution >= 0.6 is 11.5 Å². The van der Waals surface area contributed by atoms with Gasteiger partial charge in [0.1, 0.15) is 23.4 Å². The van der Waals surface area contributed by atoms with Gasteiger partial charge in [-0.1, -0.05) is 6.92 Å². The van der Waals surface area contributed by atoms with Crippen molar-refractivity contribution in [3.63, 3.8) is 0 Å². The average molecular weight is 279 g/mol. The van der Waals surface area contributed by atoms with Gasteiger partial charge in [-0.3, -0.25) is 0 Å². The highest BCUT2D eigenvalue weighted by Crippen LogP contribution is 2.31. The Morgan fingerprint density at radius 2 is 2.37 bits per heavy atom. The summed E-state index contributed by atoms with van der Waals surface area (Å²) in [5.74, 6) is 2.78. The first-order chi connectivity index (χ1) is 9.28. The Morgan fingerprint density at radius 1 is 1.47 bits per heavy atom. The van der Waals surface area contributed by atoms with Crippen LogP contribution in [0.4, 0.5) is 5.13 Å². The SMILES string of the molecule is CCc1ccc(C2COCCN2c2nc(C)ns2)o1. The van der Waals surface area contributed by atoms with Crippen molar-refractivity contribution < 1.29 is 9.15 Å². The predicted molar refractivity (Wildman–Crippen MR) is 73.6 cm³/mol. The van der Waals surface area contributed by atoms with Crippen molar-refractivity contribution in [2.75, 3.05) is 24.7 Å². The first kappa shape index (κ1) is 12.6. The van der Waals surface area contributed by atoms with Crippen LogP contribution < -0.4 is 4.90 Å². The Hall–Kier alpha value is -1.40. The maximum atomic E-state index is 5.87. The lowest BCUT2D eigenvalue weighted by molar-refractivity contribution is 0.0873. The van der Waals surface area contributed by atoms with E-state index in [1.54, 1.807) is 0 Å². The van der Waals surface area contributed by atoms with Crippen LogP contribution in [0.1, 0.15) is 30.3 Å². The number of hydrogen-bond donors (Lipinski definition) is 0. The minimum absolute atomic E-state index is 0.0985. The van der Waals surface area contributed by atoms with E-state index >= 15 is 0 Å². The number of aryl methyl sites for hydroxylation is 2. The highest BCUT2D eigenvalue weighted by molar-refractivity contribution is 7.09. The molecule has 1 aliphatic heterocycles. The summed E-state index contributed by atoms with van der Waals surface area (Å²) in [7, 11) is 0. The Labute approximate surface area is 116 Å². The number of ether oxygens (including phenoxy) is 1. The zero-order chi connectivity index (χ0) is 13.2. The Morgan fingerprint density at radius 3 is 3.05 bits per heavy atom. The van der Waals surface area contributed by atoms with Gasteiger partial charge in [0.25, 0.3) is 0 Å². The molecule has 102 valence electrons. The van der Waals surface area contributed by atoms with Crippen LogP contribution in [-0.2, 0) is 11.2 Å². The molecule has 1 aliphatic rings. The number of rotatable bonds is 3. The minimum Gasteiger partial charge on any atom is -0.464 e. The van der Waals surface area contributed by atoms with Crippen LogP contribution in [0.25, 0.3) is 0 Å². The lowest BCUT2D eigenvalue weighted by Crippen LogP contribution is -2.39. The number of morpholine rings is 1. The van der Waals surface area contributed by atoms with Crippen LogP contribution in [0.15, 0.2) is 16.5 Å². The zero-order valence-corrected chi connectivity index (χ0v) is 11.9. The Bertz CT molecular complexity index is 552. The van der Waals surface area contributed by atoms with Gasteiger partial charge in [-0.15, -0.1) is 0 Å². The van der Waals surface area contributed by atoms with Crippen LogP contribution in [0.3, 0.4) is 0 Å². The fraction of sp³-hybridized carbons (Fsp3) is 0.538. The molecule has 0 aromatic carbocycles. The molecule has 2 aromatic rings. The summed E-state index contributed by atoms with van der Waals surface area (Å²) < 4.78 is 15.7. The maximum Gasteiger partial charge on any atom is 0.205 e. The molecule has 6 heteroatoms. The van der Waals surface area contributed by atoms with Gasteiger partial charge in [-0.2, -0.15) is 4.37 Å². The largest absolute Gasteiger partial charge is 0.464 e. The molecule has 1 unspecified atom stereocenters. The molecule has 1 fully saturated rings. The summed E-state index contributed by atoms with van der Waals surface area (Å²) in [4.78, 5) is 6.70. The monoisotopic (exact) mass is 279 g/mol. The molecule has 0 bridgehead atoms. The molecule has 3 heterocycles. The van der Waals surface area contributed by atoms with E-state index in [0.29, 0.717) is 6.61 Å². The Balaban J connectivity index is 1.88. The van der Waals surface area contributed by atoms with E-state index in [9.17, 15) is 0 Å². The molecule has 1 atom stereocenters. The van der Waals surface area contributed by atoms with Gasteiger partial charge in [0.2, 0.25) is 5.13 Å². The Kier molecular flexibility index (Phi) is 3.52. The fourth-order valence-electron chi connectivity index (χ4n) is 2.23. The molecule has 0 saturated carbocycles. The van der Waals surface area contributed by atoms with E-state index in [4.69, 9.17) is 9.15 Å². The van der Waals surface area contributed by atoms with E-state index in [-0.39, 0.29) is 6.04 Å². The molecule has 0 radical (unpaired) electrons. The quantitative estimate of drug-likeness (QED) is 0.864. The summed E-state index contributed by atoms with van der Waals surface area (Å²) in [6.07, 6.45) is 0.908. The molecule has 19 heavy (non-hydrogen) atoms. The third kappa shape index (κ3) is 2.50. The van der Waals surface area contributed by atoms with Crippen LogP contribution in [-0.4, -0.2) is 29.1 Å². The van der Waals surface area contributed by atoms with E-state index in [0.717, 1.165) is 42.0 Å². The fourth-order valence-corrected chi connectivity index (χ4v) is 2.99. The molecule has 0 spiro atoms. The molecule has 2 aromatic heterocycles. The van der Waals surface area contributed by atoms with Crippen molar-refractivity contribution in [1.29, 1.82) is 0 Å². The second-order valence-corrected chi connectivity index (χ2v) is 5.30. The third-order valence-electron chi connectivity index (χ3n) is 3.25. The number of hydrogen-bond acceptors (Lipinski definition) is 6. The third-order valence-corrected chi connectivity index (χ3v) is 4.09. The summed E-state index contributed by atoms with van der Waals surface area (Å²) in [6.45, 7) is 6.18. The van der Waals surface area contributed by atoms with Gasteiger partial charge >= 0.3 is 0 Å². The van der Waals surface area contributed by atoms with Crippen LogP contribution in [0.5, 0.6) is 0 Å². The van der Waals surface area contributed by atoms with Crippen molar-refractivity contribution in [1.82, 2.24) is 9.36 Å². The molecule has 1 saturated heterocycles. The van der Waals surface area contributed by atoms with Crippen LogP contribution in [0.2, 0.25) is 0 Å². The number of anilines is 1. The van der Waals surface area contributed by atoms with E-state index in [1.807, 2.05) is 19.1 Å². The van der Waals surface area contributed by atoms with Gasteiger partial charge < -0.3 is 14.1 Å². The molecule has 0 N–H and O–H groups in total. The second kappa shape index (κ2) is 5.30. The van der Waals surface area contributed by atoms with E-state index in [1.165, 1.54) is 11.5 Å². The lowest BCUT2D eigenvalue weighted by atomic mass is 10.2. The number of nitrogens with zero attached hydrogens (tertiary/aromatic N) is 3. The summed E-state index contributed by atoms with van der Waals surface area (Å²) >= 11 is 1.43. The van der Waals surface area contributed by atoms with E-state index in [2.05, 4.69) is 21.2 Å². The minimum atomic E-state index is 0.0985. The van der Waals surface area contributed by atoms with Gasteiger partial charge in [-0.25, -0.2) is 4.98 Å². The molecule has 3 rings (SSSR count). The average Bonchev–Trinajstić information content (AvgIpc) is 3.07. The van der Waals surface area contributed by atoms with Crippen molar-refractivity contribution in [2.24, 2.45) is 0 Å².